The summed E-state index contributed by atoms with van der Waals surface area (Å²) in [5.41, 5.74) is 9.20. The lowest BCUT2D eigenvalue weighted by Crippen LogP contribution is -2.33. The lowest BCUT2D eigenvalue weighted by molar-refractivity contribution is 0.306. The third-order valence-electron chi connectivity index (χ3n) is 9.78. The maximum absolute atomic E-state index is 9.57. The van der Waals surface area contributed by atoms with Crippen molar-refractivity contribution in [2.24, 2.45) is 0 Å². The molecule has 0 bridgehead atoms. The van der Waals surface area contributed by atoms with Crippen LogP contribution in [-0.2, 0) is 5.41 Å². The molecule has 0 saturated heterocycles. The van der Waals surface area contributed by atoms with E-state index in [4.69, 9.17) is 19.1 Å². The van der Waals surface area contributed by atoms with Gasteiger partial charge in [0.2, 0.25) is 0 Å². The van der Waals surface area contributed by atoms with Crippen LogP contribution >= 0.6 is 0 Å². The van der Waals surface area contributed by atoms with E-state index in [9.17, 15) is 5.26 Å². The topological polar surface area (TPSA) is 71.9 Å². The zero-order valence-electron chi connectivity index (χ0n) is 25.2. The van der Waals surface area contributed by atoms with Gasteiger partial charge >= 0.3 is 0 Å². The molecule has 5 nitrogen and oxygen atoms in total. The fourth-order valence-electron chi connectivity index (χ4n) is 7.53. The molecule has 220 valence electrons. The predicted octanol–water partition coefficient (Wildman–Crippen LogP) is 10.6. The summed E-state index contributed by atoms with van der Waals surface area (Å²) in [6.45, 7) is 0. The van der Waals surface area contributed by atoms with Crippen LogP contribution in [0.4, 0.5) is 0 Å². The summed E-state index contributed by atoms with van der Waals surface area (Å²) in [7, 11) is 0. The monoisotopic (exact) mass is 595 g/mol. The Balaban J connectivity index is 1.21. The molecule has 2 aliphatic rings. The Bertz CT molecular complexity index is 2340. The van der Waals surface area contributed by atoms with Crippen LogP contribution in [0.3, 0.4) is 0 Å². The van der Waals surface area contributed by atoms with Gasteiger partial charge in [-0.3, -0.25) is 0 Å². The normalized spacial score (nSPS) is 14.8. The third-order valence-corrected chi connectivity index (χ3v) is 9.78. The first-order chi connectivity index (χ1) is 22.7. The first-order valence-corrected chi connectivity index (χ1v) is 15.9. The summed E-state index contributed by atoms with van der Waals surface area (Å²) in [5.74, 6) is 2.34. The van der Waals surface area contributed by atoms with Crippen molar-refractivity contribution in [2.45, 2.75) is 37.5 Å². The molecule has 3 heterocycles. The number of aromatic nitrogens is 2. The molecule has 1 fully saturated rings. The van der Waals surface area contributed by atoms with Gasteiger partial charge in [0.25, 0.3) is 0 Å². The maximum Gasteiger partial charge on any atom is 0.160 e. The van der Waals surface area contributed by atoms with E-state index in [1.165, 1.54) is 17.5 Å². The third kappa shape index (κ3) is 4.22. The van der Waals surface area contributed by atoms with Crippen molar-refractivity contribution in [2.75, 3.05) is 0 Å². The van der Waals surface area contributed by atoms with Gasteiger partial charge in [0.1, 0.15) is 22.7 Å². The molecule has 1 spiro atoms. The van der Waals surface area contributed by atoms with Crippen LogP contribution in [-0.4, -0.2) is 9.97 Å². The first kappa shape index (κ1) is 26.7. The van der Waals surface area contributed by atoms with Crippen LogP contribution in [0.5, 0.6) is 11.5 Å². The second-order valence-corrected chi connectivity index (χ2v) is 12.4. The summed E-state index contributed by atoms with van der Waals surface area (Å²) in [6.07, 6.45) is 5.64. The summed E-state index contributed by atoms with van der Waals surface area (Å²) >= 11 is 0. The van der Waals surface area contributed by atoms with E-state index < -0.39 is 0 Å². The largest absolute Gasteiger partial charge is 0.457 e. The van der Waals surface area contributed by atoms with Gasteiger partial charge in [-0.25, -0.2) is 9.97 Å². The van der Waals surface area contributed by atoms with Crippen molar-refractivity contribution < 1.29 is 9.15 Å². The minimum absolute atomic E-state index is 0.157. The van der Waals surface area contributed by atoms with Gasteiger partial charge in [-0.05, 0) is 67.4 Å². The molecule has 46 heavy (non-hydrogen) atoms. The second-order valence-electron chi connectivity index (χ2n) is 12.4. The van der Waals surface area contributed by atoms with Crippen LogP contribution < -0.4 is 4.74 Å². The number of nitriles is 1. The molecule has 1 saturated carbocycles. The SMILES string of the molecule is N#Cc1ccc2c(c1)Oc1ccc(-c3cc(-c4ccc5c(c4)oc4ccccc45)nc(-c4ccccc4)n3)cc1C21CCCCC1. The van der Waals surface area contributed by atoms with Gasteiger partial charge in [0.15, 0.2) is 5.82 Å². The van der Waals surface area contributed by atoms with E-state index in [1.807, 2.05) is 48.5 Å². The minimum Gasteiger partial charge on any atom is -0.457 e. The number of para-hydroxylation sites is 1. The second kappa shape index (κ2) is 10.4. The number of hydrogen-bond acceptors (Lipinski definition) is 5. The Kier molecular flexibility index (Phi) is 6.04. The van der Waals surface area contributed by atoms with Gasteiger partial charge in [0, 0.05) is 44.0 Å². The first-order valence-electron chi connectivity index (χ1n) is 15.9. The molecule has 0 radical (unpaired) electrons. The summed E-state index contributed by atoms with van der Waals surface area (Å²) < 4.78 is 12.7. The molecule has 9 rings (SSSR count). The van der Waals surface area contributed by atoms with Crippen molar-refractivity contribution >= 4 is 21.9 Å². The lowest BCUT2D eigenvalue weighted by atomic mass is 9.63. The van der Waals surface area contributed by atoms with E-state index in [1.54, 1.807) is 0 Å². The van der Waals surface area contributed by atoms with Gasteiger partial charge < -0.3 is 9.15 Å². The van der Waals surface area contributed by atoms with Crippen molar-refractivity contribution in [1.82, 2.24) is 9.97 Å². The number of ether oxygens (including phenoxy) is 1. The van der Waals surface area contributed by atoms with Crippen molar-refractivity contribution in [3.8, 4) is 51.5 Å². The van der Waals surface area contributed by atoms with Crippen LogP contribution in [0.1, 0.15) is 48.8 Å². The van der Waals surface area contributed by atoms with E-state index in [2.05, 4.69) is 72.8 Å². The van der Waals surface area contributed by atoms with Gasteiger partial charge in [-0.2, -0.15) is 5.26 Å². The van der Waals surface area contributed by atoms with E-state index in [0.717, 1.165) is 87.2 Å². The van der Waals surface area contributed by atoms with Crippen molar-refractivity contribution in [1.29, 1.82) is 5.26 Å². The fourth-order valence-corrected chi connectivity index (χ4v) is 7.53. The smallest absolute Gasteiger partial charge is 0.160 e. The maximum atomic E-state index is 9.57. The number of rotatable bonds is 3. The highest BCUT2D eigenvalue weighted by Gasteiger charge is 2.43. The predicted molar refractivity (Wildman–Crippen MR) is 181 cm³/mol. The molecule has 0 amide bonds. The summed E-state index contributed by atoms with van der Waals surface area (Å²) in [5, 5.41) is 11.8. The Hall–Kier alpha value is -5.73. The van der Waals surface area contributed by atoms with Gasteiger partial charge in [-0.1, -0.05) is 79.9 Å². The van der Waals surface area contributed by atoms with E-state index >= 15 is 0 Å². The quantitative estimate of drug-likeness (QED) is 0.203. The van der Waals surface area contributed by atoms with Crippen LogP contribution in [0.2, 0.25) is 0 Å². The minimum atomic E-state index is -0.157. The number of nitrogens with zero attached hydrogens (tertiary/aromatic N) is 3. The molecule has 0 atom stereocenters. The highest BCUT2D eigenvalue weighted by Crippen LogP contribution is 2.55. The standard InChI is InChI=1S/C41H29N3O2/c42-25-26-13-17-32-39(21-26)46-37-18-15-28(22-33(37)41(32)19-7-2-8-20-41)34-24-35(44-40(43-34)27-9-3-1-4-10-27)29-14-16-31-30-11-5-6-12-36(30)45-38(31)23-29/h1,3-6,9-18,21-24H,2,7-8,19-20H2. The van der Waals surface area contributed by atoms with Crippen molar-refractivity contribution in [3.05, 3.63) is 132 Å². The highest BCUT2D eigenvalue weighted by molar-refractivity contribution is 6.05. The molecule has 5 aromatic carbocycles. The summed E-state index contributed by atoms with van der Waals surface area (Å²) in [6, 6.07) is 41.4. The number of hydrogen-bond donors (Lipinski definition) is 0. The lowest BCUT2D eigenvalue weighted by Gasteiger charge is -2.43. The summed E-state index contributed by atoms with van der Waals surface area (Å²) in [4.78, 5) is 10.2. The molecule has 1 aliphatic heterocycles. The van der Waals surface area contributed by atoms with E-state index in [-0.39, 0.29) is 5.41 Å². The molecule has 7 aromatic rings. The Morgan fingerprint density at radius 2 is 1.33 bits per heavy atom. The zero-order valence-corrected chi connectivity index (χ0v) is 25.2. The molecule has 0 unspecified atom stereocenters. The molecule has 1 aliphatic carbocycles. The average molecular weight is 596 g/mol. The van der Waals surface area contributed by atoms with Gasteiger partial charge in [-0.15, -0.1) is 0 Å². The molecular formula is C41H29N3O2. The number of fused-ring (bicyclic) bond motifs is 7. The van der Waals surface area contributed by atoms with Crippen LogP contribution in [0.15, 0.2) is 120 Å². The van der Waals surface area contributed by atoms with Crippen LogP contribution in [0.25, 0.3) is 55.8 Å². The average Bonchev–Trinajstić information content (AvgIpc) is 3.50. The zero-order chi connectivity index (χ0) is 30.7. The van der Waals surface area contributed by atoms with Gasteiger partial charge in [0.05, 0.1) is 23.0 Å². The van der Waals surface area contributed by atoms with Crippen LogP contribution in [0, 0.1) is 11.3 Å². The highest BCUT2D eigenvalue weighted by atomic mass is 16.5. The fraction of sp³-hybridized carbons (Fsp3) is 0.146. The Labute approximate surface area is 266 Å². The number of furan rings is 1. The number of benzene rings is 5. The molecule has 5 heteroatoms. The molecular weight excluding hydrogens is 566 g/mol. The van der Waals surface area contributed by atoms with E-state index in [0.29, 0.717) is 11.4 Å². The van der Waals surface area contributed by atoms with Crippen molar-refractivity contribution in [3.63, 3.8) is 0 Å². The Morgan fingerprint density at radius 3 is 2.15 bits per heavy atom. The Morgan fingerprint density at radius 1 is 0.587 bits per heavy atom. The molecule has 2 aromatic heterocycles. The molecule has 0 N–H and O–H groups in total.